The van der Waals surface area contributed by atoms with Crippen LogP contribution in [0.1, 0.15) is 26.3 Å². The summed E-state index contributed by atoms with van der Waals surface area (Å²) in [5, 5.41) is 3.62. The summed E-state index contributed by atoms with van der Waals surface area (Å²) in [7, 11) is 1.52. The van der Waals surface area contributed by atoms with Crippen LogP contribution in [0.15, 0.2) is 82.0 Å². The fraction of sp³-hybridized carbons (Fsp3) is 0.214. The maximum atomic E-state index is 12.6. The van der Waals surface area contributed by atoms with Crippen LogP contribution in [-0.4, -0.2) is 19.6 Å². The topological polar surface area (TPSA) is 77.8 Å². The standard InChI is InChI=1S/C28H27NO5/c1-28(2,3)20-10-12-21(13-11-20)33-17-26(30)29-23-16-18(9-14-25(23)32-4)22-15-19-7-5-6-8-24(19)34-27(22)31/h5-16H,17H2,1-4H3,(H,29,30). The molecule has 0 aliphatic rings. The highest BCUT2D eigenvalue weighted by Crippen LogP contribution is 2.31. The van der Waals surface area contributed by atoms with E-state index >= 15 is 0 Å². The Morgan fingerprint density at radius 3 is 2.41 bits per heavy atom. The molecule has 0 aliphatic carbocycles. The quantitative estimate of drug-likeness (QED) is 0.371. The molecule has 0 unspecified atom stereocenters. The largest absolute Gasteiger partial charge is 0.495 e. The zero-order chi connectivity index (χ0) is 24.3. The number of carbonyl (C=O) groups is 1. The minimum atomic E-state index is -0.455. The third-order valence-corrected chi connectivity index (χ3v) is 5.52. The van der Waals surface area contributed by atoms with Crippen LogP contribution in [-0.2, 0) is 10.2 Å². The fourth-order valence-electron chi connectivity index (χ4n) is 3.62. The van der Waals surface area contributed by atoms with Crippen LogP contribution in [0, 0.1) is 0 Å². The lowest BCUT2D eigenvalue weighted by Gasteiger charge is -2.19. The van der Waals surface area contributed by atoms with E-state index in [2.05, 4.69) is 26.1 Å². The van der Waals surface area contributed by atoms with Gasteiger partial charge in [0, 0.05) is 5.39 Å². The number of anilines is 1. The van der Waals surface area contributed by atoms with Gasteiger partial charge in [-0.05, 0) is 52.9 Å². The Morgan fingerprint density at radius 1 is 0.971 bits per heavy atom. The molecule has 0 saturated heterocycles. The molecule has 0 radical (unpaired) electrons. The van der Waals surface area contributed by atoms with Crippen LogP contribution in [0.2, 0.25) is 0 Å². The number of fused-ring (bicyclic) bond motifs is 1. The number of rotatable bonds is 6. The number of nitrogens with one attached hydrogen (secondary N) is 1. The molecular formula is C28H27NO5. The van der Waals surface area contributed by atoms with Gasteiger partial charge in [0.15, 0.2) is 6.61 Å². The molecule has 0 spiro atoms. The maximum absolute atomic E-state index is 12.6. The average molecular weight is 458 g/mol. The van der Waals surface area contributed by atoms with Crippen molar-refractivity contribution in [3.8, 4) is 22.6 Å². The normalized spacial score (nSPS) is 11.3. The van der Waals surface area contributed by atoms with E-state index in [1.165, 1.54) is 12.7 Å². The Bertz CT molecular complexity index is 1380. The minimum Gasteiger partial charge on any atom is -0.495 e. The first-order valence-corrected chi connectivity index (χ1v) is 11.0. The van der Waals surface area contributed by atoms with Gasteiger partial charge in [-0.2, -0.15) is 0 Å². The predicted molar refractivity (Wildman–Crippen MR) is 134 cm³/mol. The van der Waals surface area contributed by atoms with Crippen LogP contribution in [0.3, 0.4) is 0 Å². The molecule has 1 N–H and O–H groups in total. The zero-order valence-electron chi connectivity index (χ0n) is 19.7. The Hall–Kier alpha value is -4.06. The van der Waals surface area contributed by atoms with Crippen molar-refractivity contribution in [3.05, 3.63) is 88.8 Å². The second-order valence-electron chi connectivity index (χ2n) is 9.01. The van der Waals surface area contributed by atoms with Crippen LogP contribution < -0.4 is 20.4 Å². The molecule has 1 aromatic heterocycles. The smallest absolute Gasteiger partial charge is 0.344 e. The fourth-order valence-corrected chi connectivity index (χ4v) is 3.62. The van der Waals surface area contributed by atoms with Gasteiger partial charge in [0.25, 0.3) is 5.91 Å². The Kier molecular flexibility index (Phi) is 6.41. The Balaban J connectivity index is 1.52. The number of hydrogen-bond acceptors (Lipinski definition) is 5. The van der Waals surface area contributed by atoms with Crippen molar-refractivity contribution in [2.45, 2.75) is 26.2 Å². The molecule has 1 amide bonds. The van der Waals surface area contributed by atoms with Gasteiger partial charge in [-0.1, -0.05) is 57.2 Å². The summed E-state index contributed by atoms with van der Waals surface area (Å²) in [4.78, 5) is 25.2. The summed E-state index contributed by atoms with van der Waals surface area (Å²) in [5.41, 5.74) is 2.73. The third-order valence-electron chi connectivity index (χ3n) is 5.52. The molecule has 0 atom stereocenters. The number of methoxy groups -OCH3 is 1. The molecule has 34 heavy (non-hydrogen) atoms. The number of carbonyl (C=O) groups excluding carboxylic acids is 1. The molecule has 0 aliphatic heterocycles. The highest BCUT2D eigenvalue weighted by Gasteiger charge is 2.15. The molecular weight excluding hydrogens is 430 g/mol. The van der Waals surface area contributed by atoms with Crippen LogP contribution in [0.5, 0.6) is 11.5 Å². The summed E-state index contributed by atoms with van der Waals surface area (Å²) >= 11 is 0. The Morgan fingerprint density at radius 2 is 1.71 bits per heavy atom. The van der Waals surface area contributed by atoms with Crippen molar-refractivity contribution < 1.29 is 18.7 Å². The molecule has 4 rings (SSSR count). The Labute approximate surface area is 198 Å². The van der Waals surface area contributed by atoms with E-state index < -0.39 is 5.63 Å². The van der Waals surface area contributed by atoms with Crippen molar-refractivity contribution in [1.29, 1.82) is 0 Å². The van der Waals surface area contributed by atoms with E-state index in [-0.39, 0.29) is 17.9 Å². The summed E-state index contributed by atoms with van der Waals surface area (Å²) < 4.78 is 16.5. The van der Waals surface area contributed by atoms with Gasteiger partial charge in [0.05, 0.1) is 18.4 Å². The number of benzene rings is 3. The van der Waals surface area contributed by atoms with Crippen molar-refractivity contribution in [2.24, 2.45) is 0 Å². The number of amides is 1. The molecule has 6 nitrogen and oxygen atoms in total. The lowest BCUT2D eigenvalue weighted by atomic mass is 9.87. The second kappa shape index (κ2) is 9.43. The van der Waals surface area contributed by atoms with E-state index in [1.807, 2.05) is 42.5 Å². The van der Waals surface area contributed by atoms with Gasteiger partial charge < -0.3 is 19.2 Å². The van der Waals surface area contributed by atoms with Crippen molar-refractivity contribution in [3.63, 3.8) is 0 Å². The van der Waals surface area contributed by atoms with Gasteiger partial charge in [-0.25, -0.2) is 4.79 Å². The van der Waals surface area contributed by atoms with E-state index in [0.717, 1.165) is 5.39 Å². The van der Waals surface area contributed by atoms with E-state index in [0.29, 0.717) is 33.9 Å². The van der Waals surface area contributed by atoms with Gasteiger partial charge in [0.2, 0.25) is 0 Å². The first-order chi connectivity index (χ1) is 16.2. The lowest BCUT2D eigenvalue weighted by Crippen LogP contribution is -2.20. The number of hydrogen-bond donors (Lipinski definition) is 1. The maximum Gasteiger partial charge on any atom is 0.344 e. The van der Waals surface area contributed by atoms with Crippen molar-refractivity contribution in [1.82, 2.24) is 0 Å². The monoisotopic (exact) mass is 457 g/mol. The predicted octanol–water partition coefficient (Wildman–Crippen LogP) is 5.78. The van der Waals surface area contributed by atoms with Crippen LogP contribution >= 0.6 is 0 Å². The molecule has 3 aromatic carbocycles. The molecule has 0 bridgehead atoms. The van der Waals surface area contributed by atoms with E-state index in [4.69, 9.17) is 13.9 Å². The zero-order valence-corrected chi connectivity index (χ0v) is 19.7. The SMILES string of the molecule is COc1ccc(-c2cc3ccccc3oc2=O)cc1NC(=O)COc1ccc(C(C)(C)C)cc1. The van der Waals surface area contributed by atoms with Gasteiger partial charge in [-0.15, -0.1) is 0 Å². The van der Waals surface area contributed by atoms with Gasteiger partial charge >= 0.3 is 5.63 Å². The van der Waals surface area contributed by atoms with Crippen molar-refractivity contribution in [2.75, 3.05) is 19.0 Å². The number of ether oxygens (including phenoxy) is 2. The first kappa shape index (κ1) is 23.1. The molecule has 174 valence electrons. The molecule has 0 fully saturated rings. The van der Waals surface area contributed by atoms with E-state index in [9.17, 15) is 9.59 Å². The highest BCUT2D eigenvalue weighted by molar-refractivity contribution is 5.94. The van der Waals surface area contributed by atoms with Crippen LogP contribution in [0.4, 0.5) is 5.69 Å². The first-order valence-electron chi connectivity index (χ1n) is 11.0. The number of para-hydroxylation sites is 1. The molecule has 1 heterocycles. The molecule has 0 saturated carbocycles. The minimum absolute atomic E-state index is 0.0414. The third kappa shape index (κ3) is 5.12. The molecule has 4 aromatic rings. The summed E-state index contributed by atoms with van der Waals surface area (Å²) in [6, 6.07) is 21.9. The van der Waals surface area contributed by atoms with Crippen LogP contribution in [0.25, 0.3) is 22.1 Å². The van der Waals surface area contributed by atoms with Gasteiger partial charge in [-0.3, -0.25) is 4.79 Å². The summed E-state index contributed by atoms with van der Waals surface area (Å²) in [6.07, 6.45) is 0. The lowest BCUT2D eigenvalue weighted by molar-refractivity contribution is -0.118. The van der Waals surface area contributed by atoms with Gasteiger partial charge in [0.1, 0.15) is 17.1 Å². The average Bonchev–Trinajstić information content (AvgIpc) is 2.82. The van der Waals surface area contributed by atoms with Crippen molar-refractivity contribution >= 4 is 22.6 Å². The second-order valence-corrected chi connectivity index (χ2v) is 9.01. The van der Waals surface area contributed by atoms with E-state index in [1.54, 1.807) is 30.3 Å². The summed E-state index contributed by atoms with van der Waals surface area (Å²) in [6.45, 7) is 6.25. The summed E-state index contributed by atoms with van der Waals surface area (Å²) in [5.74, 6) is 0.732. The highest BCUT2D eigenvalue weighted by atomic mass is 16.5. The molecule has 6 heteroatoms.